The van der Waals surface area contributed by atoms with Crippen LogP contribution in [0.2, 0.25) is 10.0 Å². The number of nitrogens with zero attached hydrogens (tertiary/aromatic N) is 1. The quantitative estimate of drug-likeness (QED) is 0.296. The summed E-state index contributed by atoms with van der Waals surface area (Å²) < 4.78 is 6.33. The number of benzene rings is 3. The molecule has 1 fully saturated rings. The molecule has 7 heteroatoms. The van der Waals surface area contributed by atoms with E-state index in [-0.39, 0.29) is 5.91 Å². The largest absolute Gasteiger partial charge is 0.489 e. The second-order valence-electron chi connectivity index (χ2n) is 6.45. The average molecular weight is 472 g/mol. The molecule has 30 heavy (non-hydrogen) atoms. The molecular weight excluding hydrogens is 457 g/mol. The number of thiocarbonyl (C=S) groups is 1. The predicted octanol–water partition coefficient (Wildman–Crippen LogP) is 6.98. The lowest BCUT2D eigenvalue weighted by atomic mass is 10.2. The highest BCUT2D eigenvalue weighted by atomic mass is 35.5. The molecule has 3 aromatic rings. The number of rotatable bonds is 5. The maximum Gasteiger partial charge on any atom is 0.270 e. The highest BCUT2D eigenvalue weighted by Gasteiger charge is 2.33. The van der Waals surface area contributed by atoms with Gasteiger partial charge in [0.15, 0.2) is 4.32 Å². The van der Waals surface area contributed by atoms with Gasteiger partial charge in [-0.25, -0.2) is 0 Å². The number of para-hydroxylation sites is 1. The van der Waals surface area contributed by atoms with Gasteiger partial charge in [-0.1, -0.05) is 83.6 Å². The molecule has 0 atom stereocenters. The Morgan fingerprint density at radius 1 is 1.00 bits per heavy atom. The lowest BCUT2D eigenvalue weighted by molar-refractivity contribution is -0.113. The molecule has 0 saturated carbocycles. The third kappa shape index (κ3) is 4.71. The molecule has 0 aromatic heterocycles. The number of thioether (sulfide) groups is 1. The first-order valence-corrected chi connectivity index (χ1v) is 11.0. The number of anilines is 1. The summed E-state index contributed by atoms with van der Waals surface area (Å²) in [7, 11) is 0. The maximum absolute atomic E-state index is 12.8. The van der Waals surface area contributed by atoms with E-state index in [1.165, 1.54) is 11.8 Å². The van der Waals surface area contributed by atoms with Gasteiger partial charge in [-0.05, 0) is 48.0 Å². The van der Waals surface area contributed by atoms with Crippen LogP contribution in [0.5, 0.6) is 5.75 Å². The zero-order valence-corrected chi connectivity index (χ0v) is 18.7. The van der Waals surface area contributed by atoms with Crippen molar-refractivity contribution in [2.24, 2.45) is 0 Å². The van der Waals surface area contributed by atoms with Crippen molar-refractivity contribution in [2.75, 3.05) is 4.90 Å². The molecule has 0 unspecified atom stereocenters. The second kappa shape index (κ2) is 9.23. The van der Waals surface area contributed by atoms with Crippen molar-refractivity contribution < 1.29 is 9.53 Å². The van der Waals surface area contributed by atoms with Crippen molar-refractivity contribution in [2.45, 2.75) is 6.61 Å². The van der Waals surface area contributed by atoms with E-state index in [1.54, 1.807) is 17.0 Å². The summed E-state index contributed by atoms with van der Waals surface area (Å²) in [6, 6.07) is 22.2. The van der Waals surface area contributed by atoms with Crippen molar-refractivity contribution in [1.29, 1.82) is 0 Å². The minimum absolute atomic E-state index is 0.117. The van der Waals surface area contributed by atoms with Crippen molar-refractivity contribution in [3.63, 3.8) is 0 Å². The fourth-order valence-corrected chi connectivity index (χ4v) is 4.64. The Morgan fingerprint density at radius 3 is 2.43 bits per heavy atom. The molecular formula is C23H15Cl2NO2S2. The zero-order chi connectivity index (χ0) is 21.1. The molecule has 0 spiro atoms. The van der Waals surface area contributed by atoms with E-state index in [4.69, 9.17) is 40.2 Å². The van der Waals surface area contributed by atoms with Crippen LogP contribution in [0.25, 0.3) is 6.08 Å². The first-order valence-electron chi connectivity index (χ1n) is 9.01. The average Bonchev–Trinajstić information content (AvgIpc) is 3.02. The summed E-state index contributed by atoms with van der Waals surface area (Å²) in [6.07, 6.45) is 1.84. The van der Waals surface area contributed by atoms with Gasteiger partial charge in [-0.15, -0.1) is 0 Å². The molecule has 1 aliphatic rings. The normalized spacial score (nSPS) is 15.1. The molecule has 1 heterocycles. The summed E-state index contributed by atoms with van der Waals surface area (Å²) in [5.41, 5.74) is 2.52. The molecule has 0 aliphatic carbocycles. The fourth-order valence-electron chi connectivity index (χ4n) is 2.88. The first-order chi connectivity index (χ1) is 14.5. The molecule has 3 aromatic carbocycles. The van der Waals surface area contributed by atoms with Crippen molar-refractivity contribution in [1.82, 2.24) is 0 Å². The topological polar surface area (TPSA) is 29.5 Å². The Bertz CT molecular complexity index is 1130. The summed E-state index contributed by atoms with van der Waals surface area (Å²) in [4.78, 5) is 14.9. The highest BCUT2D eigenvalue weighted by Crippen LogP contribution is 2.36. The van der Waals surface area contributed by atoms with Crippen LogP contribution < -0.4 is 9.64 Å². The Morgan fingerprint density at radius 2 is 1.73 bits per heavy atom. The van der Waals surface area contributed by atoms with Crippen LogP contribution in [0.1, 0.15) is 11.1 Å². The summed E-state index contributed by atoms with van der Waals surface area (Å²) in [5.74, 6) is 0.587. The van der Waals surface area contributed by atoms with E-state index in [9.17, 15) is 4.79 Å². The number of halogens is 2. The predicted molar refractivity (Wildman–Crippen MR) is 129 cm³/mol. The van der Waals surface area contributed by atoms with Gasteiger partial charge < -0.3 is 4.74 Å². The zero-order valence-electron chi connectivity index (χ0n) is 15.5. The van der Waals surface area contributed by atoms with Crippen LogP contribution in [0, 0.1) is 0 Å². The van der Waals surface area contributed by atoms with Gasteiger partial charge in [0, 0.05) is 15.6 Å². The third-order valence-electron chi connectivity index (χ3n) is 4.40. The smallest absolute Gasteiger partial charge is 0.270 e. The standard InChI is InChI=1S/C23H15Cl2NO2S2/c24-17-9-8-16(20(25)13-17)14-28-19-10-6-15(7-11-19)12-21-22(27)26(23(29)30-21)18-4-2-1-3-5-18/h1-13H,14H2. The van der Waals surface area contributed by atoms with E-state index >= 15 is 0 Å². The van der Waals surface area contributed by atoms with E-state index < -0.39 is 0 Å². The summed E-state index contributed by atoms with van der Waals surface area (Å²) in [6.45, 7) is 0.338. The Hall–Kier alpha value is -2.31. The summed E-state index contributed by atoms with van der Waals surface area (Å²) >= 11 is 18.8. The van der Waals surface area contributed by atoms with E-state index in [1.807, 2.05) is 66.7 Å². The molecule has 1 saturated heterocycles. The van der Waals surface area contributed by atoms with Crippen molar-refractivity contribution in [3.8, 4) is 5.75 Å². The lowest BCUT2D eigenvalue weighted by Crippen LogP contribution is -2.27. The number of carbonyl (C=O) groups excluding carboxylic acids is 1. The fraction of sp³-hybridized carbons (Fsp3) is 0.0435. The van der Waals surface area contributed by atoms with Crippen molar-refractivity contribution >= 4 is 69.2 Å². The van der Waals surface area contributed by atoms with E-state index in [0.29, 0.717) is 31.6 Å². The lowest BCUT2D eigenvalue weighted by Gasteiger charge is -2.13. The molecule has 3 nitrogen and oxygen atoms in total. The molecule has 0 radical (unpaired) electrons. The van der Waals surface area contributed by atoms with Gasteiger partial charge in [0.05, 0.1) is 10.6 Å². The van der Waals surface area contributed by atoms with E-state index in [2.05, 4.69) is 0 Å². The van der Waals surface area contributed by atoms with Crippen LogP contribution in [0.4, 0.5) is 5.69 Å². The van der Waals surface area contributed by atoms with Gasteiger partial charge in [-0.3, -0.25) is 9.69 Å². The van der Waals surface area contributed by atoms with Crippen LogP contribution in [-0.4, -0.2) is 10.2 Å². The second-order valence-corrected chi connectivity index (χ2v) is 8.97. The van der Waals surface area contributed by atoms with Gasteiger partial charge in [0.25, 0.3) is 5.91 Å². The third-order valence-corrected chi connectivity index (χ3v) is 6.28. The monoisotopic (exact) mass is 471 g/mol. The number of ether oxygens (including phenoxy) is 1. The highest BCUT2D eigenvalue weighted by molar-refractivity contribution is 8.27. The Labute approximate surface area is 194 Å². The maximum atomic E-state index is 12.8. The van der Waals surface area contributed by atoms with Gasteiger partial charge in [0.1, 0.15) is 12.4 Å². The number of amides is 1. The minimum Gasteiger partial charge on any atom is -0.489 e. The number of hydrogen-bond acceptors (Lipinski definition) is 4. The minimum atomic E-state index is -0.117. The molecule has 1 amide bonds. The van der Waals surface area contributed by atoms with Crippen LogP contribution in [-0.2, 0) is 11.4 Å². The van der Waals surface area contributed by atoms with Gasteiger partial charge in [0.2, 0.25) is 0 Å². The van der Waals surface area contributed by atoms with E-state index in [0.717, 1.165) is 16.8 Å². The Kier molecular flexibility index (Phi) is 6.44. The summed E-state index contributed by atoms with van der Waals surface area (Å²) in [5, 5.41) is 1.16. The Balaban J connectivity index is 1.45. The molecule has 0 N–H and O–H groups in total. The SMILES string of the molecule is O=C1C(=Cc2ccc(OCc3ccc(Cl)cc3Cl)cc2)SC(=S)N1c1ccccc1. The molecule has 0 bridgehead atoms. The molecule has 1 aliphatic heterocycles. The van der Waals surface area contributed by atoms with Gasteiger partial charge >= 0.3 is 0 Å². The van der Waals surface area contributed by atoms with Crippen LogP contribution in [0.3, 0.4) is 0 Å². The van der Waals surface area contributed by atoms with Crippen LogP contribution >= 0.6 is 47.2 Å². The first kappa shape index (κ1) is 20.9. The van der Waals surface area contributed by atoms with Crippen molar-refractivity contribution in [3.05, 3.63) is 98.9 Å². The van der Waals surface area contributed by atoms with Gasteiger partial charge in [-0.2, -0.15) is 0 Å². The molecule has 150 valence electrons. The molecule has 4 rings (SSSR count). The number of hydrogen-bond donors (Lipinski definition) is 0. The van der Waals surface area contributed by atoms with Crippen LogP contribution in [0.15, 0.2) is 77.7 Å². The number of carbonyl (C=O) groups is 1.